The van der Waals surface area contributed by atoms with Gasteiger partial charge >= 0.3 is 6.09 Å². The largest absolute Gasteiger partial charge is 0.444 e. The molecule has 0 aliphatic carbocycles. The maximum absolute atomic E-state index is 12.1. The summed E-state index contributed by atoms with van der Waals surface area (Å²) in [6.07, 6.45) is 2.20. The third-order valence-electron chi connectivity index (χ3n) is 3.50. The molecule has 0 spiro atoms. The van der Waals surface area contributed by atoms with E-state index in [4.69, 9.17) is 4.74 Å². The Morgan fingerprint density at radius 2 is 2.23 bits per heavy atom. The highest BCUT2D eigenvalue weighted by atomic mass is 32.1. The summed E-state index contributed by atoms with van der Waals surface area (Å²) in [5.41, 5.74) is -0.484. The maximum Gasteiger partial charge on any atom is 0.410 e. The van der Waals surface area contributed by atoms with E-state index in [2.05, 4.69) is 4.98 Å². The lowest BCUT2D eigenvalue weighted by Crippen LogP contribution is -2.40. The molecule has 1 aliphatic heterocycles. The highest BCUT2D eigenvalue weighted by Crippen LogP contribution is 2.18. The van der Waals surface area contributed by atoms with E-state index in [0.717, 1.165) is 6.42 Å². The molecule has 1 aromatic rings. The van der Waals surface area contributed by atoms with Crippen LogP contribution < -0.4 is 0 Å². The smallest absolute Gasteiger partial charge is 0.410 e. The molecule has 2 heterocycles. The molecule has 0 saturated carbocycles. The summed E-state index contributed by atoms with van der Waals surface area (Å²) in [6, 6.07) is 0.177. The van der Waals surface area contributed by atoms with E-state index >= 15 is 0 Å². The van der Waals surface area contributed by atoms with Gasteiger partial charge in [0, 0.05) is 30.7 Å². The van der Waals surface area contributed by atoms with Gasteiger partial charge in [-0.25, -0.2) is 9.78 Å². The molecule has 1 saturated heterocycles. The topological polar surface area (TPSA) is 62.7 Å². The van der Waals surface area contributed by atoms with Crippen molar-refractivity contribution in [2.75, 3.05) is 26.7 Å². The van der Waals surface area contributed by atoms with Gasteiger partial charge < -0.3 is 9.64 Å². The van der Waals surface area contributed by atoms with Crippen molar-refractivity contribution in [1.29, 1.82) is 0 Å². The number of carbonyl (C=O) groups is 2. The predicted octanol–water partition coefficient (Wildman–Crippen LogP) is 2.27. The molecule has 7 heteroatoms. The lowest BCUT2D eigenvalue weighted by molar-refractivity contribution is 0.0283. The Bertz CT molecular complexity index is 525. The van der Waals surface area contributed by atoms with E-state index in [1.807, 2.05) is 32.7 Å². The van der Waals surface area contributed by atoms with E-state index in [1.54, 1.807) is 16.5 Å². The van der Waals surface area contributed by atoms with Crippen LogP contribution in [-0.4, -0.2) is 65.0 Å². The number of Topliss-reactive ketones (excluding diaryl/α,β-unsaturated/α-hetero) is 1. The van der Waals surface area contributed by atoms with Crippen molar-refractivity contribution < 1.29 is 14.3 Å². The van der Waals surface area contributed by atoms with Crippen molar-refractivity contribution in [1.82, 2.24) is 14.8 Å². The summed E-state index contributed by atoms with van der Waals surface area (Å²) < 4.78 is 5.38. The van der Waals surface area contributed by atoms with E-state index in [9.17, 15) is 9.59 Å². The summed E-state index contributed by atoms with van der Waals surface area (Å²) in [5, 5.41) is 2.33. The fourth-order valence-electron chi connectivity index (χ4n) is 2.38. The number of hydrogen-bond donors (Lipinski definition) is 0. The van der Waals surface area contributed by atoms with Gasteiger partial charge in [-0.1, -0.05) is 0 Å². The van der Waals surface area contributed by atoms with Gasteiger partial charge in [0.05, 0.1) is 6.54 Å². The highest BCUT2D eigenvalue weighted by molar-refractivity contribution is 7.11. The normalized spacial score (nSPS) is 18.8. The quantitative estimate of drug-likeness (QED) is 0.795. The molecule has 22 heavy (non-hydrogen) atoms. The van der Waals surface area contributed by atoms with Crippen molar-refractivity contribution in [3.8, 4) is 0 Å². The summed E-state index contributed by atoms with van der Waals surface area (Å²) in [4.78, 5) is 31.9. The molecular formula is C15H23N3O3S. The Hall–Kier alpha value is -1.47. The predicted molar refractivity (Wildman–Crippen MR) is 85.3 cm³/mol. The summed E-state index contributed by atoms with van der Waals surface area (Å²) in [7, 11) is 1.91. The van der Waals surface area contributed by atoms with Gasteiger partial charge in [0.1, 0.15) is 5.60 Å². The van der Waals surface area contributed by atoms with Crippen molar-refractivity contribution >= 4 is 23.2 Å². The van der Waals surface area contributed by atoms with Crippen LogP contribution in [0.2, 0.25) is 0 Å². The van der Waals surface area contributed by atoms with E-state index in [1.165, 1.54) is 11.3 Å². The molecule has 0 bridgehead atoms. The second-order valence-electron chi connectivity index (χ2n) is 6.54. The summed E-state index contributed by atoms with van der Waals surface area (Å²) in [5.74, 6) is 0.0215. The number of aromatic nitrogens is 1. The number of carbonyl (C=O) groups excluding carboxylic acids is 2. The van der Waals surface area contributed by atoms with Gasteiger partial charge in [0.15, 0.2) is 5.01 Å². The fourth-order valence-corrected chi connectivity index (χ4v) is 2.95. The molecule has 122 valence electrons. The Kier molecular flexibility index (Phi) is 5.18. The molecule has 2 rings (SSSR count). The molecule has 0 radical (unpaired) electrons. The standard InChI is InChI=1S/C15H23N3O3S/c1-15(2,3)21-14(20)18-7-5-11(9-18)17(4)10-12(19)13-16-6-8-22-13/h6,8,11H,5,7,9-10H2,1-4H3/t11-/m0/s1. The zero-order valence-corrected chi connectivity index (χ0v) is 14.4. The van der Waals surface area contributed by atoms with Gasteiger partial charge in [-0.3, -0.25) is 9.69 Å². The van der Waals surface area contributed by atoms with Gasteiger partial charge in [0.2, 0.25) is 5.78 Å². The average Bonchev–Trinajstić information content (AvgIpc) is 3.08. The second-order valence-corrected chi connectivity index (χ2v) is 7.44. The number of likely N-dealkylation sites (N-methyl/N-ethyl adjacent to an activating group) is 1. The van der Waals surface area contributed by atoms with Crippen LogP contribution in [-0.2, 0) is 4.74 Å². The number of likely N-dealkylation sites (tertiary alicyclic amines) is 1. The van der Waals surface area contributed by atoms with Crippen LogP contribution in [0, 0.1) is 0 Å². The van der Waals surface area contributed by atoms with Crippen molar-refractivity contribution in [3.63, 3.8) is 0 Å². The Morgan fingerprint density at radius 3 is 2.82 bits per heavy atom. The average molecular weight is 325 g/mol. The molecule has 0 unspecified atom stereocenters. The molecule has 1 fully saturated rings. The van der Waals surface area contributed by atoms with Crippen LogP contribution in [0.3, 0.4) is 0 Å². The molecule has 0 N–H and O–H groups in total. The molecule has 1 aliphatic rings. The van der Waals surface area contributed by atoms with Crippen LogP contribution in [0.4, 0.5) is 4.79 Å². The zero-order chi connectivity index (χ0) is 16.3. The maximum atomic E-state index is 12.1. The van der Waals surface area contributed by atoms with Crippen molar-refractivity contribution in [3.05, 3.63) is 16.6 Å². The monoisotopic (exact) mass is 325 g/mol. The van der Waals surface area contributed by atoms with Gasteiger partial charge in [0.25, 0.3) is 0 Å². The molecular weight excluding hydrogens is 302 g/mol. The van der Waals surface area contributed by atoms with E-state index in [0.29, 0.717) is 24.6 Å². The number of hydrogen-bond acceptors (Lipinski definition) is 6. The van der Waals surface area contributed by atoms with Crippen LogP contribution in [0.5, 0.6) is 0 Å². The fraction of sp³-hybridized carbons (Fsp3) is 0.667. The lowest BCUT2D eigenvalue weighted by Gasteiger charge is -2.26. The lowest BCUT2D eigenvalue weighted by atomic mass is 10.2. The minimum absolute atomic E-state index is 0.0215. The minimum Gasteiger partial charge on any atom is -0.444 e. The van der Waals surface area contributed by atoms with E-state index in [-0.39, 0.29) is 17.9 Å². The number of thiazole rings is 1. The van der Waals surface area contributed by atoms with Gasteiger partial charge in [-0.15, -0.1) is 11.3 Å². The third kappa shape index (κ3) is 4.51. The van der Waals surface area contributed by atoms with Crippen molar-refractivity contribution in [2.24, 2.45) is 0 Å². The minimum atomic E-state index is -0.484. The summed E-state index contributed by atoms with van der Waals surface area (Å²) >= 11 is 1.36. The first-order valence-corrected chi connectivity index (χ1v) is 8.25. The number of rotatable bonds is 4. The number of nitrogens with zero attached hydrogens (tertiary/aromatic N) is 3. The van der Waals surface area contributed by atoms with E-state index < -0.39 is 5.60 Å². The molecule has 1 atom stereocenters. The van der Waals surface area contributed by atoms with Crippen LogP contribution in [0.25, 0.3) is 0 Å². The van der Waals surface area contributed by atoms with Crippen LogP contribution >= 0.6 is 11.3 Å². The highest BCUT2D eigenvalue weighted by Gasteiger charge is 2.32. The summed E-state index contributed by atoms with van der Waals surface area (Å²) in [6.45, 7) is 7.15. The zero-order valence-electron chi connectivity index (χ0n) is 13.5. The first-order chi connectivity index (χ1) is 10.3. The number of amides is 1. The first-order valence-electron chi connectivity index (χ1n) is 7.37. The Morgan fingerprint density at radius 1 is 1.50 bits per heavy atom. The van der Waals surface area contributed by atoms with Gasteiger partial charge in [-0.05, 0) is 34.2 Å². The van der Waals surface area contributed by atoms with Crippen LogP contribution in [0.15, 0.2) is 11.6 Å². The van der Waals surface area contributed by atoms with Gasteiger partial charge in [-0.2, -0.15) is 0 Å². The molecule has 1 amide bonds. The number of ketones is 1. The van der Waals surface area contributed by atoms with Crippen molar-refractivity contribution in [2.45, 2.75) is 38.8 Å². The van der Waals surface area contributed by atoms with Crippen LogP contribution in [0.1, 0.15) is 37.0 Å². The second kappa shape index (κ2) is 6.75. The Balaban J connectivity index is 1.84. The Labute approximate surface area is 135 Å². The molecule has 1 aromatic heterocycles. The SMILES string of the molecule is CN(CC(=O)c1nccs1)[C@H]1CCN(C(=O)OC(C)(C)C)C1. The molecule has 0 aromatic carbocycles. The third-order valence-corrected chi connectivity index (χ3v) is 4.32. The first kappa shape index (κ1) is 16.9. The number of ether oxygens (including phenoxy) is 1. The molecule has 6 nitrogen and oxygen atoms in total.